The maximum absolute atomic E-state index is 12.8. The van der Waals surface area contributed by atoms with E-state index in [0.717, 1.165) is 28.7 Å². The normalized spacial score (nSPS) is 19.7. The minimum absolute atomic E-state index is 0.135. The molecule has 2 N–H and O–H groups in total. The minimum atomic E-state index is -0.265. The molecular formula is C29H25NO. The average Bonchev–Trinajstić information content (AvgIpc) is 3.53. The minimum Gasteiger partial charge on any atom is -0.321 e. The van der Waals surface area contributed by atoms with Crippen molar-refractivity contribution in [3.05, 3.63) is 131 Å². The molecule has 2 nitrogen and oxygen atoms in total. The number of carbonyl (C=O) groups is 1. The third-order valence-electron chi connectivity index (χ3n) is 6.38. The smallest absolute Gasteiger partial charge is 0.167 e. The van der Waals surface area contributed by atoms with Crippen LogP contribution in [0.5, 0.6) is 0 Å². The van der Waals surface area contributed by atoms with E-state index >= 15 is 0 Å². The molecule has 0 heterocycles. The van der Waals surface area contributed by atoms with Crippen LogP contribution >= 0.6 is 0 Å². The molecule has 1 saturated carbocycles. The number of nitrogens with two attached hydrogens (primary N) is 1. The van der Waals surface area contributed by atoms with Gasteiger partial charge >= 0.3 is 0 Å². The summed E-state index contributed by atoms with van der Waals surface area (Å²) in [5.74, 6) is 0.474. The summed E-state index contributed by atoms with van der Waals surface area (Å²) in [5.41, 5.74) is 12.9. The first kappa shape index (κ1) is 19.5. The topological polar surface area (TPSA) is 43.1 Å². The molecule has 152 valence electrons. The maximum Gasteiger partial charge on any atom is 0.167 e. The molecular weight excluding hydrogens is 378 g/mol. The third kappa shape index (κ3) is 3.95. The molecule has 4 aromatic carbocycles. The van der Waals surface area contributed by atoms with Crippen LogP contribution in [0.3, 0.4) is 0 Å². The first-order valence-electron chi connectivity index (χ1n) is 10.8. The monoisotopic (exact) mass is 403 g/mol. The second-order valence-electron chi connectivity index (χ2n) is 8.45. The van der Waals surface area contributed by atoms with Crippen LogP contribution in [0, 0.1) is 0 Å². The molecule has 2 heteroatoms. The van der Waals surface area contributed by atoms with Crippen LogP contribution in [0.25, 0.3) is 11.1 Å². The molecule has 31 heavy (non-hydrogen) atoms. The van der Waals surface area contributed by atoms with Gasteiger partial charge in [0.2, 0.25) is 0 Å². The maximum atomic E-state index is 12.8. The highest BCUT2D eigenvalue weighted by Gasteiger charge is 2.52. The predicted octanol–water partition coefficient (Wildman–Crippen LogP) is 6.12. The predicted molar refractivity (Wildman–Crippen MR) is 126 cm³/mol. The van der Waals surface area contributed by atoms with Crippen LogP contribution in [-0.4, -0.2) is 5.78 Å². The van der Waals surface area contributed by atoms with Gasteiger partial charge in [-0.2, -0.15) is 0 Å². The van der Waals surface area contributed by atoms with Crippen LogP contribution in [0.15, 0.2) is 109 Å². The molecule has 0 saturated heterocycles. The highest BCUT2D eigenvalue weighted by Crippen LogP contribution is 2.56. The van der Waals surface area contributed by atoms with Crippen molar-refractivity contribution in [2.45, 2.75) is 24.3 Å². The summed E-state index contributed by atoms with van der Waals surface area (Å²) in [6.07, 6.45) is 1.37. The summed E-state index contributed by atoms with van der Waals surface area (Å²) < 4.78 is 0. The first-order chi connectivity index (χ1) is 15.1. The van der Waals surface area contributed by atoms with E-state index in [-0.39, 0.29) is 11.3 Å². The SMILES string of the molecule is N[C@]1(c2ccccc2)C[C@H]1c1ccc(CC(=O)c2ccc(-c3ccccc3)cc2)cc1. The first-order valence-corrected chi connectivity index (χ1v) is 10.8. The third-order valence-corrected chi connectivity index (χ3v) is 6.38. The molecule has 1 aliphatic carbocycles. The van der Waals surface area contributed by atoms with Crippen LogP contribution in [0.2, 0.25) is 0 Å². The fourth-order valence-electron chi connectivity index (χ4n) is 4.40. The largest absolute Gasteiger partial charge is 0.321 e. The number of Topliss-reactive ketones (excluding diaryl/α,β-unsaturated/α-hetero) is 1. The number of ketones is 1. The van der Waals surface area contributed by atoms with Crippen LogP contribution in [-0.2, 0) is 12.0 Å². The van der Waals surface area contributed by atoms with Crippen molar-refractivity contribution in [3.63, 3.8) is 0 Å². The summed E-state index contributed by atoms with van der Waals surface area (Å²) in [6, 6.07) is 36.8. The van der Waals surface area contributed by atoms with Crippen LogP contribution < -0.4 is 5.73 Å². The van der Waals surface area contributed by atoms with Gasteiger partial charge < -0.3 is 5.73 Å². The number of carbonyl (C=O) groups excluding carboxylic acids is 1. The number of rotatable bonds is 6. The Labute approximate surface area is 183 Å². The van der Waals surface area contributed by atoms with E-state index < -0.39 is 0 Å². The second-order valence-corrected chi connectivity index (χ2v) is 8.45. The van der Waals surface area contributed by atoms with E-state index in [0.29, 0.717) is 12.3 Å². The van der Waals surface area contributed by atoms with E-state index in [1.807, 2.05) is 60.7 Å². The molecule has 0 radical (unpaired) electrons. The van der Waals surface area contributed by atoms with Gasteiger partial charge in [0.1, 0.15) is 0 Å². The summed E-state index contributed by atoms with van der Waals surface area (Å²) in [4.78, 5) is 12.8. The van der Waals surface area contributed by atoms with Crippen molar-refractivity contribution in [2.75, 3.05) is 0 Å². The van der Waals surface area contributed by atoms with Crippen molar-refractivity contribution in [1.29, 1.82) is 0 Å². The van der Waals surface area contributed by atoms with E-state index in [1.165, 1.54) is 11.1 Å². The standard InChI is InChI=1S/C29H25NO/c30-29(26-9-5-2-6-10-26)20-27(29)24-13-11-21(12-14-24)19-28(31)25-17-15-23(16-18-25)22-7-3-1-4-8-22/h1-18,27H,19-20,30H2/t27-,29-/m0/s1. The van der Waals surface area contributed by atoms with Gasteiger partial charge in [0.15, 0.2) is 5.78 Å². The summed E-state index contributed by atoms with van der Waals surface area (Å²) in [7, 11) is 0. The second kappa shape index (κ2) is 7.98. The lowest BCUT2D eigenvalue weighted by Gasteiger charge is -2.12. The zero-order valence-corrected chi connectivity index (χ0v) is 17.4. The van der Waals surface area contributed by atoms with Gasteiger partial charge in [-0.25, -0.2) is 0 Å². The fourth-order valence-corrected chi connectivity index (χ4v) is 4.40. The Kier molecular flexibility index (Phi) is 5.01. The van der Waals surface area contributed by atoms with Crippen molar-refractivity contribution >= 4 is 5.78 Å². The van der Waals surface area contributed by atoms with Gasteiger partial charge in [-0.1, -0.05) is 109 Å². The molecule has 1 fully saturated rings. The van der Waals surface area contributed by atoms with Gasteiger partial charge in [0.25, 0.3) is 0 Å². The molecule has 5 rings (SSSR count). The van der Waals surface area contributed by atoms with Gasteiger partial charge in [-0.05, 0) is 34.2 Å². The Hall–Kier alpha value is -3.49. The summed E-state index contributed by atoms with van der Waals surface area (Å²) in [5, 5.41) is 0. The Balaban J connectivity index is 1.25. The van der Waals surface area contributed by atoms with Crippen LogP contribution in [0.1, 0.15) is 39.4 Å². The zero-order valence-electron chi connectivity index (χ0n) is 17.4. The molecule has 0 spiro atoms. The fraction of sp³-hybridized carbons (Fsp3) is 0.138. The Morgan fingerprint density at radius 3 is 1.97 bits per heavy atom. The summed E-state index contributed by atoms with van der Waals surface area (Å²) in [6.45, 7) is 0. The summed E-state index contributed by atoms with van der Waals surface area (Å²) >= 11 is 0. The Morgan fingerprint density at radius 1 is 0.742 bits per heavy atom. The molecule has 1 aliphatic rings. The molecule has 4 aromatic rings. The number of benzene rings is 4. The zero-order chi connectivity index (χ0) is 21.3. The van der Waals surface area contributed by atoms with Gasteiger partial charge in [0.05, 0.1) is 0 Å². The van der Waals surface area contributed by atoms with E-state index in [2.05, 4.69) is 48.5 Å². The van der Waals surface area contributed by atoms with E-state index in [9.17, 15) is 4.79 Å². The molecule has 0 aromatic heterocycles. The molecule has 2 atom stereocenters. The average molecular weight is 404 g/mol. The molecule has 0 amide bonds. The lowest BCUT2D eigenvalue weighted by atomic mass is 9.96. The van der Waals surface area contributed by atoms with E-state index in [1.54, 1.807) is 0 Å². The Bertz CT molecular complexity index is 1180. The van der Waals surface area contributed by atoms with Gasteiger partial charge in [-0.15, -0.1) is 0 Å². The van der Waals surface area contributed by atoms with Gasteiger partial charge in [-0.3, -0.25) is 4.79 Å². The lowest BCUT2D eigenvalue weighted by molar-refractivity contribution is 0.0993. The number of hydrogen-bond acceptors (Lipinski definition) is 2. The molecule has 0 bridgehead atoms. The quantitative estimate of drug-likeness (QED) is 0.394. The van der Waals surface area contributed by atoms with Gasteiger partial charge in [0, 0.05) is 23.4 Å². The van der Waals surface area contributed by atoms with E-state index in [4.69, 9.17) is 5.73 Å². The molecule has 0 unspecified atom stereocenters. The van der Waals surface area contributed by atoms with Crippen molar-refractivity contribution < 1.29 is 4.79 Å². The Morgan fingerprint density at radius 2 is 1.32 bits per heavy atom. The highest BCUT2D eigenvalue weighted by atomic mass is 16.1. The van der Waals surface area contributed by atoms with Crippen molar-refractivity contribution in [1.82, 2.24) is 0 Å². The lowest BCUT2D eigenvalue weighted by Crippen LogP contribution is -2.21. The van der Waals surface area contributed by atoms with Crippen LogP contribution in [0.4, 0.5) is 0 Å². The molecule has 0 aliphatic heterocycles. The number of hydrogen-bond donors (Lipinski definition) is 1. The highest BCUT2D eigenvalue weighted by molar-refractivity contribution is 5.97. The van der Waals surface area contributed by atoms with Crippen molar-refractivity contribution in [3.8, 4) is 11.1 Å². The van der Waals surface area contributed by atoms with Crippen molar-refractivity contribution in [2.24, 2.45) is 5.73 Å².